The van der Waals surface area contributed by atoms with E-state index in [4.69, 9.17) is 0 Å². The quantitative estimate of drug-likeness (QED) is 0.876. The maximum atomic E-state index is 13.1. The van der Waals surface area contributed by atoms with E-state index in [2.05, 4.69) is 9.71 Å². The van der Waals surface area contributed by atoms with Crippen molar-refractivity contribution in [2.45, 2.75) is 13.0 Å². The van der Waals surface area contributed by atoms with Gasteiger partial charge in [-0.3, -0.25) is 4.79 Å². The first-order valence-corrected chi connectivity index (χ1v) is 9.60. The lowest BCUT2D eigenvalue weighted by atomic mass is 10.1. The number of likely N-dealkylation sites (N-methyl/N-ethyl adjacent to an activating group) is 1. The van der Waals surface area contributed by atoms with Gasteiger partial charge in [-0.15, -0.1) is 4.40 Å². The van der Waals surface area contributed by atoms with Crippen LogP contribution in [0.15, 0.2) is 70.8 Å². The molecule has 0 saturated heterocycles. The summed E-state index contributed by atoms with van der Waals surface area (Å²) in [4.78, 5) is 12.7. The predicted octanol–water partition coefficient (Wildman–Crippen LogP) is 2.57. The fraction of sp³-hybridized carbons (Fsp3) is 0.158. The maximum Gasteiger partial charge on any atom is 0.345 e. The van der Waals surface area contributed by atoms with Gasteiger partial charge in [0.25, 0.3) is 5.91 Å². The Kier molecular flexibility index (Phi) is 5.09. The van der Waals surface area contributed by atoms with E-state index in [-0.39, 0.29) is 17.5 Å². The summed E-state index contributed by atoms with van der Waals surface area (Å²) in [6, 6.07) is 14.2. The number of carbonyl (C=O) groups is 1. The summed E-state index contributed by atoms with van der Waals surface area (Å²) in [5.74, 6) is -0.999. The van der Waals surface area contributed by atoms with Crippen LogP contribution in [0.1, 0.15) is 24.1 Å². The van der Waals surface area contributed by atoms with Gasteiger partial charge in [0.2, 0.25) is 0 Å². The number of benzene rings is 2. The minimum absolute atomic E-state index is 0.0629. The van der Waals surface area contributed by atoms with Gasteiger partial charge in [-0.25, -0.2) is 8.70 Å². The molecule has 0 aromatic heterocycles. The summed E-state index contributed by atoms with van der Waals surface area (Å²) >= 11 is 0. The summed E-state index contributed by atoms with van der Waals surface area (Å²) in [6.45, 7) is 1.81. The molecule has 2 aromatic rings. The first kappa shape index (κ1) is 18.8. The molecule has 3 rings (SSSR count). The lowest BCUT2D eigenvalue weighted by Gasteiger charge is -2.25. The Balaban J connectivity index is 1.91. The summed E-state index contributed by atoms with van der Waals surface area (Å²) < 4.78 is 42.4. The molecule has 1 aliphatic rings. The average molecular weight is 387 g/mol. The second kappa shape index (κ2) is 7.32. The average Bonchev–Trinajstić information content (AvgIpc) is 2.65. The van der Waals surface area contributed by atoms with Crippen molar-refractivity contribution in [1.82, 2.24) is 9.62 Å². The van der Waals surface area contributed by atoms with Crippen molar-refractivity contribution in [3.8, 4) is 0 Å². The zero-order valence-electron chi connectivity index (χ0n) is 14.8. The third kappa shape index (κ3) is 4.06. The summed E-state index contributed by atoms with van der Waals surface area (Å²) in [5.41, 5.74) is 1.30. The highest BCUT2D eigenvalue weighted by Gasteiger charge is 2.30. The molecule has 1 amide bonds. The van der Waals surface area contributed by atoms with Crippen LogP contribution in [-0.4, -0.2) is 31.4 Å². The molecular weight excluding hydrogens is 369 g/mol. The van der Waals surface area contributed by atoms with Crippen molar-refractivity contribution in [3.63, 3.8) is 0 Å². The van der Waals surface area contributed by atoms with Gasteiger partial charge in [0.15, 0.2) is 0 Å². The number of hydrogen-bond donors (Lipinski definition) is 1. The molecular formula is C19H18FN3O3S. The zero-order valence-corrected chi connectivity index (χ0v) is 15.6. The van der Waals surface area contributed by atoms with E-state index in [1.54, 1.807) is 6.92 Å². The molecule has 0 aliphatic carbocycles. The van der Waals surface area contributed by atoms with Crippen molar-refractivity contribution >= 4 is 21.8 Å². The van der Waals surface area contributed by atoms with Crippen LogP contribution in [-0.2, 0) is 15.0 Å². The highest BCUT2D eigenvalue weighted by molar-refractivity contribution is 7.88. The molecule has 8 heteroatoms. The molecule has 27 heavy (non-hydrogen) atoms. The molecule has 0 spiro atoms. The highest BCUT2D eigenvalue weighted by Crippen LogP contribution is 2.21. The summed E-state index contributed by atoms with van der Waals surface area (Å²) in [6.07, 6.45) is 1.38. The first-order valence-electron chi connectivity index (χ1n) is 8.20. The van der Waals surface area contributed by atoms with Crippen molar-refractivity contribution in [3.05, 3.63) is 83.3 Å². The molecule has 0 bridgehead atoms. The van der Waals surface area contributed by atoms with Gasteiger partial charge in [-0.2, -0.15) is 8.42 Å². The second-order valence-electron chi connectivity index (χ2n) is 6.06. The minimum atomic E-state index is -4.07. The Bertz CT molecular complexity index is 1020. The Labute approximate surface area is 157 Å². The molecule has 1 N–H and O–H groups in total. The topological polar surface area (TPSA) is 78.8 Å². The largest absolute Gasteiger partial charge is 0.345 e. The van der Waals surface area contributed by atoms with Crippen LogP contribution in [0.3, 0.4) is 0 Å². The van der Waals surface area contributed by atoms with Crippen LogP contribution in [0.4, 0.5) is 4.39 Å². The fourth-order valence-electron chi connectivity index (χ4n) is 2.62. The van der Waals surface area contributed by atoms with Crippen molar-refractivity contribution in [2.75, 3.05) is 7.05 Å². The molecule has 1 atom stereocenters. The lowest BCUT2D eigenvalue weighted by Crippen LogP contribution is -2.39. The third-order valence-corrected chi connectivity index (χ3v) is 5.51. The van der Waals surface area contributed by atoms with Crippen molar-refractivity contribution in [1.29, 1.82) is 0 Å². The number of nitrogens with one attached hydrogen (secondary N) is 1. The van der Waals surface area contributed by atoms with Crippen LogP contribution < -0.4 is 5.32 Å². The van der Waals surface area contributed by atoms with Gasteiger partial charge < -0.3 is 5.32 Å². The Morgan fingerprint density at radius 1 is 1.11 bits per heavy atom. The zero-order chi connectivity index (χ0) is 19.6. The van der Waals surface area contributed by atoms with Crippen LogP contribution in [0.2, 0.25) is 0 Å². The number of allylic oxidation sites excluding steroid dienone is 1. The van der Waals surface area contributed by atoms with Gasteiger partial charge >= 0.3 is 10.2 Å². The van der Waals surface area contributed by atoms with E-state index in [9.17, 15) is 17.6 Å². The molecule has 140 valence electrons. The predicted molar refractivity (Wildman–Crippen MR) is 101 cm³/mol. The highest BCUT2D eigenvalue weighted by atomic mass is 32.2. The van der Waals surface area contributed by atoms with Crippen LogP contribution in [0, 0.1) is 5.82 Å². The normalized spacial score (nSPS) is 16.9. The van der Waals surface area contributed by atoms with E-state index < -0.39 is 21.9 Å². The molecule has 0 unspecified atom stereocenters. The molecule has 0 radical (unpaired) electrons. The smallest absolute Gasteiger partial charge is 0.344 e. The van der Waals surface area contributed by atoms with Gasteiger partial charge in [-0.05, 0) is 42.8 Å². The first-order chi connectivity index (χ1) is 12.8. The van der Waals surface area contributed by atoms with Crippen molar-refractivity contribution in [2.24, 2.45) is 4.40 Å². The lowest BCUT2D eigenvalue weighted by molar-refractivity contribution is -0.119. The van der Waals surface area contributed by atoms with Crippen LogP contribution in [0.25, 0.3) is 0 Å². The fourth-order valence-corrected chi connectivity index (χ4v) is 3.53. The Morgan fingerprint density at radius 2 is 1.74 bits per heavy atom. The second-order valence-corrected chi connectivity index (χ2v) is 7.69. The molecule has 0 fully saturated rings. The number of halogens is 1. The Hall–Kier alpha value is -3.00. The van der Waals surface area contributed by atoms with Gasteiger partial charge in [0.1, 0.15) is 11.5 Å². The van der Waals surface area contributed by atoms with E-state index >= 15 is 0 Å². The van der Waals surface area contributed by atoms with Crippen molar-refractivity contribution < 1.29 is 17.6 Å². The van der Waals surface area contributed by atoms with E-state index in [0.717, 1.165) is 9.87 Å². The van der Waals surface area contributed by atoms with Gasteiger partial charge in [0, 0.05) is 12.6 Å². The molecule has 1 heterocycles. The van der Waals surface area contributed by atoms with E-state index in [0.29, 0.717) is 5.56 Å². The third-order valence-electron chi connectivity index (χ3n) is 4.19. The van der Waals surface area contributed by atoms with Gasteiger partial charge in [0.05, 0.1) is 11.8 Å². The number of amides is 1. The number of nitrogens with zero attached hydrogens (tertiary/aromatic N) is 2. The standard InChI is InChI=1S/C19H18FN3O3S/c1-13(14-6-4-3-5-7-14)21-19(24)18-12-17(22-27(25,26)23(18)2)15-8-10-16(20)11-9-15/h3-13H,1-2H3,(H,21,24)/t13-/m0/s1. The van der Waals surface area contributed by atoms with E-state index in [1.807, 2.05) is 30.3 Å². The molecule has 0 saturated carbocycles. The number of rotatable bonds is 4. The summed E-state index contributed by atoms with van der Waals surface area (Å²) in [5, 5.41) is 2.79. The Morgan fingerprint density at radius 3 is 2.37 bits per heavy atom. The summed E-state index contributed by atoms with van der Waals surface area (Å²) in [7, 11) is -2.80. The van der Waals surface area contributed by atoms with Crippen LogP contribution in [0.5, 0.6) is 0 Å². The van der Waals surface area contributed by atoms with Gasteiger partial charge in [-0.1, -0.05) is 30.3 Å². The number of carbonyl (C=O) groups excluding carboxylic acids is 1. The molecule has 1 aliphatic heterocycles. The SMILES string of the molecule is C[C@H](NC(=O)C1=CC(c2ccc(F)cc2)=NS(=O)(=O)N1C)c1ccccc1. The van der Waals surface area contributed by atoms with E-state index in [1.165, 1.54) is 37.4 Å². The monoisotopic (exact) mass is 387 g/mol. The molecule has 6 nitrogen and oxygen atoms in total. The maximum absolute atomic E-state index is 13.1. The van der Waals surface area contributed by atoms with Crippen LogP contribution >= 0.6 is 0 Å². The molecule has 2 aromatic carbocycles. The minimum Gasteiger partial charge on any atom is -0.344 e. The number of hydrogen-bond acceptors (Lipinski definition) is 3.